The fourth-order valence-corrected chi connectivity index (χ4v) is 3.19. The van der Waals surface area contributed by atoms with Gasteiger partial charge in [0.15, 0.2) is 11.6 Å². The molecule has 0 heterocycles. The van der Waals surface area contributed by atoms with E-state index in [2.05, 4.69) is 4.72 Å². The molecule has 4 nitrogen and oxygen atoms in total. The maximum Gasteiger partial charge on any atom is 0.243 e. The standard InChI is InChI=1S/C14H17F2NO3S/c1-14(2,3)13(18)11-9(15)6-7-10(12(11)16)21(19,20)17-8-4-5-8/h6-8,17H,4-5H2,1-3H3. The number of carbonyl (C=O) groups excluding carboxylic acids is 1. The van der Waals surface area contributed by atoms with E-state index in [0.717, 1.165) is 12.1 Å². The molecule has 0 saturated heterocycles. The number of benzene rings is 1. The van der Waals surface area contributed by atoms with Crippen LogP contribution in [0, 0.1) is 17.0 Å². The number of sulfonamides is 1. The second kappa shape index (κ2) is 5.14. The molecule has 2 rings (SSSR count). The zero-order chi connectivity index (χ0) is 16.0. The first-order valence-electron chi connectivity index (χ1n) is 6.59. The summed E-state index contributed by atoms with van der Waals surface area (Å²) in [5, 5.41) is 0. The number of hydrogen-bond donors (Lipinski definition) is 1. The Morgan fingerprint density at radius 2 is 1.81 bits per heavy atom. The molecule has 1 saturated carbocycles. The molecule has 0 aromatic heterocycles. The van der Waals surface area contributed by atoms with Gasteiger partial charge >= 0.3 is 0 Å². The number of ketones is 1. The van der Waals surface area contributed by atoms with Gasteiger partial charge in [0.2, 0.25) is 10.0 Å². The third kappa shape index (κ3) is 3.29. The minimum Gasteiger partial charge on any atom is -0.293 e. The molecule has 0 radical (unpaired) electrons. The van der Waals surface area contributed by atoms with E-state index in [1.165, 1.54) is 20.8 Å². The van der Waals surface area contributed by atoms with E-state index >= 15 is 0 Å². The summed E-state index contributed by atoms with van der Waals surface area (Å²) < 4.78 is 54.6. The van der Waals surface area contributed by atoms with Gasteiger partial charge in [-0.05, 0) is 25.0 Å². The molecule has 0 spiro atoms. The van der Waals surface area contributed by atoms with Crippen LogP contribution in [0.4, 0.5) is 8.78 Å². The Morgan fingerprint density at radius 1 is 1.24 bits per heavy atom. The van der Waals surface area contributed by atoms with Gasteiger partial charge in [0.1, 0.15) is 10.7 Å². The Morgan fingerprint density at radius 3 is 2.29 bits per heavy atom. The van der Waals surface area contributed by atoms with Crippen molar-refractivity contribution in [3.63, 3.8) is 0 Å². The lowest BCUT2D eigenvalue weighted by Gasteiger charge is -2.18. The van der Waals surface area contributed by atoms with Crippen molar-refractivity contribution < 1.29 is 22.0 Å². The largest absolute Gasteiger partial charge is 0.293 e. The molecule has 1 N–H and O–H groups in total. The highest BCUT2D eigenvalue weighted by atomic mass is 32.2. The molecule has 1 aliphatic carbocycles. The highest BCUT2D eigenvalue weighted by Gasteiger charge is 2.34. The van der Waals surface area contributed by atoms with Crippen LogP contribution in [0.5, 0.6) is 0 Å². The highest BCUT2D eigenvalue weighted by molar-refractivity contribution is 7.89. The lowest BCUT2D eigenvalue weighted by molar-refractivity contribution is 0.0848. The molecular weight excluding hydrogens is 300 g/mol. The first-order chi connectivity index (χ1) is 9.54. The maximum atomic E-state index is 14.4. The van der Waals surface area contributed by atoms with Crippen molar-refractivity contribution in [1.82, 2.24) is 4.72 Å². The van der Waals surface area contributed by atoms with Crippen LogP contribution in [0.1, 0.15) is 44.0 Å². The van der Waals surface area contributed by atoms with Crippen LogP contribution in [0.3, 0.4) is 0 Å². The van der Waals surface area contributed by atoms with Crippen molar-refractivity contribution in [2.75, 3.05) is 0 Å². The predicted molar refractivity (Wildman–Crippen MR) is 73.5 cm³/mol. The highest BCUT2D eigenvalue weighted by Crippen LogP contribution is 2.29. The third-order valence-corrected chi connectivity index (χ3v) is 4.69. The molecule has 0 aliphatic heterocycles. The summed E-state index contributed by atoms with van der Waals surface area (Å²) >= 11 is 0. The van der Waals surface area contributed by atoms with Crippen LogP contribution in [-0.4, -0.2) is 20.2 Å². The molecule has 1 aromatic rings. The van der Waals surface area contributed by atoms with Gasteiger partial charge in [-0.3, -0.25) is 4.79 Å². The Bertz CT molecular complexity index is 689. The maximum absolute atomic E-state index is 14.4. The van der Waals surface area contributed by atoms with E-state index in [1.807, 2.05) is 0 Å². The van der Waals surface area contributed by atoms with Gasteiger partial charge < -0.3 is 0 Å². The third-order valence-electron chi connectivity index (χ3n) is 3.15. The Balaban J connectivity index is 2.53. The summed E-state index contributed by atoms with van der Waals surface area (Å²) in [7, 11) is -4.09. The Labute approximate surface area is 122 Å². The van der Waals surface area contributed by atoms with Crippen molar-refractivity contribution in [3.05, 3.63) is 29.3 Å². The molecule has 1 aliphatic rings. The van der Waals surface area contributed by atoms with E-state index in [4.69, 9.17) is 0 Å². The molecule has 0 bridgehead atoms. The summed E-state index contributed by atoms with van der Waals surface area (Å²) in [4.78, 5) is 11.4. The van der Waals surface area contributed by atoms with E-state index in [0.29, 0.717) is 12.8 Å². The van der Waals surface area contributed by atoms with Gasteiger partial charge in [-0.25, -0.2) is 21.9 Å². The van der Waals surface area contributed by atoms with Gasteiger partial charge in [-0.1, -0.05) is 20.8 Å². The Hall–Kier alpha value is -1.34. The summed E-state index contributed by atoms with van der Waals surface area (Å²) in [5.74, 6) is -3.16. The topological polar surface area (TPSA) is 63.2 Å². The van der Waals surface area contributed by atoms with Crippen molar-refractivity contribution in [2.24, 2.45) is 5.41 Å². The second-order valence-electron chi connectivity index (χ2n) is 6.21. The van der Waals surface area contributed by atoms with Gasteiger partial charge in [-0.15, -0.1) is 0 Å². The first kappa shape index (κ1) is 16.0. The van der Waals surface area contributed by atoms with Crippen LogP contribution < -0.4 is 4.72 Å². The van der Waals surface area contributed by atoms with Gasteiger partial charge in [0.25, 0.3) is 0 Å². The minimum absolute atomic E-state index is 0.207. The number of nitrogens with one attached hydrogen (secondary N) is 1. The second-order valence-corrected chi connectivity index (χ2v) is 7.89. The summed E-state index contributed by atoms with van der Waals surface area (Å²) in [5.41, 5.74) is -1.82. The molecule has 116 valence electrons. The van der Waals surface area contributed by atoms with Crippen LogP contribution in [0.2, 0.25) is 0 Å². The van der Waals surface area contributed by atoms with Gasteiger partial charge in [0, 0.05) is 11.5 Å². The summed E-state index contributed by atoms with van der Waals surface area (Å²) in [6, 6.07) is 1.44. The monoisotopic (exact) mass is 317 g/mol. The molecule has 21 heavy (non-hydrogen) atoms. The van der Waals surface area contributed by atoms with E-state index < -0.39 is 43.3 Å². The van der Waals surface area contributed by atoms with E-state index in [1.54, 1.807) is 0 Å². The van der Waals surface area contributed by atoms with Crippen molar-refractivity contribution in [3.8, 4) is 0 Å². The SMILES string of the molecule is CC(C)(C)C(=O)c1c(F)ccc(S(=O)(=O)NC2CC2)c1F. The Kier molecular flexibility index (Phi) is 3.92. The van der Waals surface area contributed by atoms with Crippen LogP contribution in [0.15, 0.2) is 17.0 Å². The average molecular weight is 317 g/mol. The van der Waals surface area contributed by atoms with Gasteiger partial charge in [-0.2, -0.15) is 0 Å². The van der Waals surface area contributed by atoms with Gasteiger partial charge in [0.05, 0.1) is 5.56 Å². The average Bonchev–Trinajstić information content (AvgIpc) is 3.10. The fourth-order valence-electron chi connectivity index (χ4n) is 1.81. The van der Waals surface area contributed by atoms with Crippen LogP contribution in [-0.2, 0) is 10.0 Å². The van der Waals surface area contributed by atoms with Crippen molar-refractivity contribution in [1.29, 1.82) is 0 Å². The number of rotatable bonds is 4. The lowest BCUT2D eigenvalue weighted by atomic mass is 9.86. The normalized spacial score (nSPS) is 16.0. The molecular formula is C14H17F2NO3S. The van der Waals surface area contributed by atoms with E-state index in [9.17, 15) is 22.0 Å². The predicted octanol–water partition coefficient (Wildman–Crippen LogP) is 2.63. The number of halogens is 2. The van der Waals surface area contributed by atoms with Crippen molar-refractivity contribution in [2.45, 2.75) is 44.6 Å². The number of hydrogen-bond acceptors (Lipinski definition) is 3. The van der Waals surface area contributed by atoms with Crippen LogP contribution >= 0.6 is 0 Å². The number of Topliss-reactive ketones (excluding diaryl/α,β-unsaturated/α-hetero) is 1. The lowest BCUT2D eigenvalue weighted by Crippen LogP contribution is -2.29. The first-order valence-corrected chi connectivity index (χ1v) is 8.07. The molecule has 0 unspecified atom stereocenters. The molecule has 0 atom stereocenters. The minimum atomic E-state index is -4.09. The fraction of sp³-hybridized carbons (Fsp3) is 0.500. The molecule has 7 heteroatoms. The van der Waals surface area contributed by atoms with Crippen molar-refractivity contribution >= 4 is 15.8 Å². The molecule has 1 aromatic carbocycles. The zero-order valence-corrected chi connectivity index (χ0v) is 12.9. The van der Waals surface area contributed by atoms with Crippen LogP contribution in [0.25, 0.3) is 0 Å². The molecule has 0 amide bonds. The number of carbonyl (C=O) groups is 1. The van der Waals surface area contributed by atoms with E-state index in [-0.39, 0.29) is 6.04 Å². The zero-order valence-electron chi connectivity index (χ0n) is 12.0. The smallest absolute Gasteiger partial charge is 0.243 e. The summed E-state index contributed by atoms with van der Waals surface area (Å²) in [6.07, 6.45) is 1.38. The molecule has 1 fully saturated rings. The summed E-state index contributed by atoms with van der Waals surface area (Å²) in [6.45, 7) is 4.54. The quantitative estimate of drug-likeness (QED) is 0.868.